The van der Waals surface area contributed by atoms with Crippen LogP contribution >= 0.6 is 12.4 Å². The summed E-state index contributed by atoms with van der Waals surface area (Å²) >= 11 is 0. The van der Waals surface area contributed by atoms with E-state index in [1.165, 1.54) is 11.1 Å². The van der Waals surface area contributed by atoms with Gasteiger partial charge in [0.05, 0.1) is 6.10 Å². The summed E-state index contributed by atoms with van der Waals surface area (Å²) in [5.74, 6) is 0.250. The Hall–Kier alpha value is -1.88. The molecule has 4 nitrogen and oxygen atoms in total. The molecule has 2 aromatic rings. The van der Waals surface area contributed by atoms with Gasteiger partial charge in [-0.2, -0.15) is 0 Å². The summed E-state index contributed by atoms with van der Waals surface area (Å²) in [6.07, 6.45) is 2.16. The quantitative estimate of drug-likeness (QED) is 0.781. The van der Waals surface area contributed by atoms with Crippen LogP contribution < -0.4 is 11.1 Å². The van der Waals surface area contributed by atoms with Crippen molar-refractivity contribution in [2.75, 3.05) is 13.1 Å². The molecule has 2 atom stereocenters. The van der Waals surface area contributed by atoms with Gasteiger partial charge in [0.15, 0.2) is 0 Å². The van der Waals surface area contributed by atoms with E-state index >= 15 is 0 Å². The lowest BCUT2D eigenvalue weighted by molar-refractivity contribution is -0.131. The normalized spacial score (nSPS) is 19.2. The molecule has 0 radical (unpaired) electrons. The monoisotopic (exact) mass is 374 g/mol. The van der Waals surface area contributed by atoms with E-state index in [-0.39, 0.29) is 36.4 Å². The van der Waals surface area contributed by atoms with Gasteiger partial charge in [-0.25, -0.2) is 0 Å². The third-order valence-electron chi connectivity index (χ3n) is 4.80. The Morgan fingerprint density at radius 1 is 1.04 bits per heavy atom. The molecular formula is C21H27ClN2O2. The van der Waals surface area contributed by atoms with Crippen molar-refractivity contribution in [3.8, 4) is 0 Å². The van der Waals surface area contributed by atoms with Gasteiger partial charge in [-0.15, -0.1) is 12.4 Å². The average Bonchev–Trinajstić information content (AvgIpc) is 3.16. The number of carbonyl (C=O) groups is 1. The molecule has 1 heterocycles. The van der Waals surface area contributed by atoms with E-state index in [0.717, 1.165) is 19.3 Å². The Bertz CT molecular complexity index is 627. The number of nitrogens with one attached hydrogen (secondary N) is 1. The van der Waals surface area contributed by atoms with Crippen LogP contribution in [-0.2, 0) is 9.53 Å². The maximum absolute atomic E-state index is 12.3. The molecule has 26 heavy (non-hydrogen) atoms. The van der Waals surface area contributed by atoms with Crippen LogP contribution in [-0.4, -0.2) is 31.2 Å². The van der Waals surface area contributed by atoms with Gasteiger partial charge in [0.2, 0.25) is 5.91 Å². The van der Waals surface area contributed by atoms with E-state index in [0.29, 0.717) is 13.1 Å². The molecule has 1 saturated heterocycles. The first kappa shape index (κ1) is 20.4. The summed E-state index contributed by atoms with van der Waals surface area (Å²) in [7, 11) is 0. The van der Waals surface area contributed by atoms with Crippen LogP contribution in [0.3, 0.4) is 0 Å². The zero-order chi connectivity index (χ0) is 17.5. The molecule has 0 aromatic heterocycles. The molecule has 0 bridgehead atoms. The number of hydrogen-bond donors (Lipinski definition) is 2. The first-order valence-corrected chi connectivity index (χ1v) is 9.01. The minimum atomic E-state index is -0.347. The van der Waals surface area contributed by atoms with E-state index in [4.69, 9.17) is 10.5 Å². The lowest BCUT2D eigenvalue weighted by Gasteiger charge is -2.19. The number of carbonyl (C=O) groups excluding carboxylic acids is 1. The van der Waals surface area contributed by atoms with Crippen LogP contribution in [0.5, 0.6) is 0 Å². The molecule has 1 fully saturated rings. The molecule has 3 rings (SSSR count). The SMILES string of the molecule is Cl.NC[C@H]1CC[C@@H](C(=O)NCCC(c2ccccc2)c2ccccc2)O1. The van der Waals surface area contributed by atoms with Crippen LogP contribution in [0.15, 0.2) is 60.7 Å². The fourth-order valence-electron chi connectivity index (χ4n) is 3.42. The second-order valence-electron chi connectivity index (χ2n) is 6.51. The highest BCUT2D eigenvalue weighted by atomic mass is 35.5. The predicted molar refractivity (Wildman–Crippen MR) is 107 cm³/mol. The van der Waals surface area contributed by atoms with Crippen molar-refractivity contribution >= 4 is 18.3 Å². The number of halogens is 1. The highest BCUT2D eigenvalue weighted by Gasteiger charge is 2.29. The highest BCUT2D eigenvalue weighted by molar-refractivity contribution is 5.85. The smallest absolute Gasteiger partial charge is 0.249 e. The molecule has 5 heteroatoms. The van der Waals surface area contributed by atoms with Gasteiger partial charge >= 0.3 is 0 Å². The molecule has 1 aliphatic heterocycles. The zero-order valence-electron chi connectivity index (χ0n) is 14.8. The van der Waals surface area contributed by atoms with Crippen molar-refractivity contribution in [1.82, 2.24) is 5.32 Å². The minimum Gasteiger partial charge on any atom is -0.364 e. The second kappa shape index (κ2) is 10.3. The zero-order valence-corrected chi connectivity index (χ0v) is 15.7. The Morgan fingerprint density at radius 2 is 1.62 bits per heavy atom. The van der Waals surface area contributed by atoms with Crippen LogP contribution in [0.1, 0.15) is 36.3 Å². The maximum Gasteiger partial charge on any atom is 0.249 e. The summed E-state index contributed by atoms with van der Waals surface area (Å²) in [4.78, 5) is 12.3. The third-order valence-corrected chi connectivity index (χ3v) is 4.80. The molecule has 0 aliphatic carbocycles. The number of nitrogens with two attached hydrogens (primary N) is 1. The van der Waals surface area contributed by atoms with Crippen molar-refractivity contribution in [2.45, 2.75) is 37.4 Å². The summed E-state index contributed by atoms with van der Waals surface area (Å²) in [5, 5.41) is 3.03. The van der Waals surface area contributed by atoms with Crippen LogP contribution in [0.25, 0.3) is 0 Å². The molecule has 2 aromatic carbocycles. The van der Waals surface area contributed by atoms with Gasteiger partial charge < -0.3 is 15.8 Å². The Morgan fingerprint density at radius 3 is 2.12 bits per heavy atom. The molecule has 1 amide bonds. The summed E-state index contributed by atoms with van der Waals surface area (Å²) < 4.78 is 5.66. The van der Waals surface area contributed by atoms with E-state index in [2.05, 4.69) is 53.8 Å². The standard InChI is InChI=1S/C21H26N2O2.ClH/c22-15-18-11-12-20(25-18)21(24)23-14-13-19(16-7-3-1-4-8-16)17-9-5-2-6-10-17;/h1-10,18-20H,11-15,22H2,(H,23,24);1H/t18-,20+;/m1./s1. The van der Waals surface area contributed by atoms with Gasteiger partial charge in [0, 0.05) is 19.0 Å². The summed E-state index contributed by atoms with van der Waals surface area (Å²) in [6.45, 7) is 1.11. The first-order chi connectivity index (χ1) is 12.3. The minimum absolute atomic E-state index is 0. The van der Waals surface area contributed by atoms with Crippen LogP contribution in [0.4, 0.5) is 0 Å². The lowest BCUT2D eigenvalue weighted by Crippen LogP contribution is -2.36. The van der Waals surface area contributed by atoms with Crippen molar-refractivity contribution < 1.29 is 9.53 Å². The summed E-state index contributed by atoms with van der Waals surface area (Å²) in [5.41, 5.74) is 8.14. The molecule has 0 unspecified atom stereocenters. The number of ether oxygens (including phenoxy) is 1. The van der Waals surface area contributed by atoms with Crippen molar-refractivity contribution in [1.29, 1.82) is 0 Å². The fourth-order valence-corrected chi connectivity index (χ4v) is 3.42. The molecule has 0 spiro atoms. The van der Waals surface area contributed by atoms with Crippen molar-refractivity contribution in [3.63, 3.8) is 0 Å². The first-order valence-electron chi connectivity index (χ1n) is 9.01. The van der Waals surface area contributed by atoms with Crippen LogP contribution in [0, 0.1) is 0 Å². The van der Waals surface area contributed by atoms with Gasteiger partial charge in [-0.3, -0.25) is 4.79 Å². The third kappa shape index (κ3) is 5.31. The van der Waals surface area contributed by atoms with E-state index in [1.807, 2.05) is 12.1 Å². The molecule has 1 aliphatic rings. The molecule has 3 N–H and O–H groups in total. The van der Waals surface area contributed by atoms with Crippen molar-refractivity contribution in [3.05, 3.63) is 71.8 Å². The van der Waals surface area contributed by atoms with E-state index in [1.54, 1.807) is 0 Å². The van der Waals surface area contributed by atoms with Gasteiger partial charge in [-0.1, -0.05) is 60.7 Å². The number of amides is 1. The number of benzene rings is 2. The Kier molecular flexibility index (Phi) is 8.10. The predicted octanol–water partition coefficient (Wildman–Crippen LogP) is 3.25. The van der Waals surface area contributed by atoms with Gasteiger partial charge in [-0.05, 0) is 30.4 Å². The Labute approximate surface area is 161 Å². The Balaban J connectivity index is 0.00000243. The largest absolute Gasteiger partial charge is 0.364 e. The second-order valence-corrected chi connectivity index (χ2v) is 6.51. The number of hydrogen-bond acceptors (Lipinski definition) is 3. The molecular weight excluding hydrogens is 348 g/mol. The van der Waals surface area contributed by atoms with E-state index < -0.39 is 0 Å². The number of rotatable bonds is 7. The molecule has 0 saturated carbocycles. The lowest BCUT2D eigenvalue weighted by atomic mass is 9.88. The average molecular weight is 375 g/mol. The summed E-state index contributed by atoms with van der Waals surface area (Å²) in [6, 6.07) is 20.9. The van der Waals surface area contributed by atoms with Crippen LogP contribution in [0.2, 0.25) is 0 Å². The molecule has 140 valence electrons. The maximum atomic E-state index is 12.3. The van der Waals surface area contributed by atoms with Gasteiger partial charge in [0.1, 0.15) is 6.10 Å². The van der Waals surface area contributed by atoms with Gasteiger partial charge in [0.25, 0.3) is 0 Å². The highest BCUT2D eigenvalue weighted by Crippen LogP contribution is 2.27. The fraction of sp³-hybridized carbons (Fsp3) is 0.381. The van der Waals surface area contributed by atoms with Crippen molar-refractivity contribution in [2.24, 2.45) is 5.73 Å². The topological polar surface area (TPSA) is 64.4 Å². The van der Waals surface area contributed by atoms with E-state index in [9.17, 15) is 4.79 Å².